The number of pyridine rings is 1. The van der Waals surface area contributed by atoms with Crippen LogP contribution in [0.3, 0.4) is 0 Å². The Kier molecular flexibility index (Phi) is 5.85. The van der Waals surface area contributed by atoms with Gasteiger partial charge in [-0.2, -0.15) is 0 Å². The summed E-state index contributed by atoms with van der Waals surface area (Å²) in [6.07, 6.45) is 9.77. The molecule has 0 saturated carbocycles. The Labute approximate surface area is 170 Å². The van der Waals surface area contributed by atoms with Crippen LogP contribution in [0.1, 0.15) is 32.6 Å². The minimum Gasteiger partial charge on any atom is -0.367 e. The number of anilines is 1. The van der Waals surface area contributed by atoms with Crippen LogP contribution in [0, 0.1) is 5.92 Å². The number of fused-ring (bicyclic) bond motifs is 1. The first-order valence-electron chi connectivity index (χ1n) is 10.4. The van der Waals surface area contributed by atoms with E-state index in [1.165, 1.54) is 44.5 Å². The van der Waals surface area contributed by atoms with Crippen LogP contribution in [0.4, 0.5) is 11.5 Å². The highest BCUT2D eigenvalue weighted by atomic mass is 16.2. The third-order valence-corrected chi connectivity index (χ3v) is 5.62. The number of hydrogen-bond acceptors (Lipinski definition) is 6. The molecule has 2 aromatic heterocycles. The van der Waals surface area contributed by atoms with Crippen LogP contribution in [0.5, 0.6) is 0 Å². The summed E-state index contributed by atoms with van der Waals surface area (Å²) in [7, 11) is 0. The molecule has 0 amide bonds. The van der Waals surface area contributed by atoms with Crippen molar-refractivity contribution >= 4 is 34.3 Å². The van der Waals surface area contributed by atoms with Gasteiger partial charge in [0.1, 0.15) is 11.4 Å². The molecule has 1 N–H and O–H groups in total. The molecule has 7 nitrogen and oxygen atoms in total. The Morgan fingerprint density at radius 2 is 2.00 bits per heavy atom. The number of rotatable bonds is 6. The molecule has 1 aliphatic heterocycles. The largest absolute Gasteiger partial charge is 0.367 e. The lowest BCUT2D eigenvalue weighted by Gasteiger charge is -2.26. The van der Waals surface area contributed by atoms with Crippen LogP contribution in [0.2, 0.25) is 0 Å². The molecule has 0 bridgehead atoms. The Hall–Kier alpha value is -2.80. The molecule has 29 heavy (non-hydrogen) atoms. The van der Waals surface area contributed by atoms with E-state index in [-0.39, 0.29) is 11.6 Å². The monoisotopic (exact) mass is 393 g/mol. The fourth-order valence-corrected chi connectivity index (χ4v) is 3.86. The van der Waals surface area contributed by atoms with E-state index in [0.29, 0.717) is 17.2 Å². The van der Waals surface area contributed by atoms with E-state index in [0.717, 1.165) is 25.0 Å². The summed E-state index contributed by atoms with van der Waals surface area (Å²) in [5.74, 6) is -0.441. The quantitative estimate of drug-likeness (QED) is 0.603. The molecule has 3 heterocycles. The smallest absolute Gasteiger partial charge is 0.191 e. The molecule has 1 fully saturated rings. The third kappa shape index (κ3) is 4.29. The molecule has 7 heteroatoms. The van der Waals surface area contributed by atoms with Crippen LogP contribution in [0.25, 0.3) is 5.52 Å². The van der Waals surface area contributed by atoms with E-state index in [4.69, 9.17) is 0 Å². The Morgan fingerprint density at radius 1 is 1.17 bits per heavy atom. The van der Waals surface area contributed by atoms with Crippen LogP contribution >= 0.6 is 0 Å². The number of ketones is 2. The Morgan fingerprint density at radius 3 is 2.83 bits per heavy atom. The molecule has 2 aliphatic rings. The van der Waals surface area contributed by atoms with E-state index >= 15 is 0 Å². The first kappa shape index (κ1) is 19.5. The van der Waals surface area contributed by atoms with E-state index in [2.05, 4.69) is 20.3 Å². The van der Waals surface area contributed by atoms with Crippen LogP contribution < -0.4 is 5.32 Å². The fraction of sp³-hybridized carbons (Fsp3) is 0.455. The van der Waals surface area contributed by atoms with Gasteiger partial charge in [0.05, 0.1) is 11.4 Å². The number of aliphatic imine (C=N–C) groups is 1. The van der Waals surface area contributed by atoms with Crippen molar-refractivity contribution in [2.75, 3.05) is 31.5 Å². The number of likely N-dealkylation sites (tertiary alicyclic amines) is 1. The molecule has 0 aromatic carbocycles. The highest BCUT2D eigenvalue weighted by Crippen LogP contribution is 2.30. The van der Waals surface area contributed by atoms with E-state index < -0.39 is 5.92 Å². The second kappa shape index (κ2) is 8.69. The molecule has 1 atom stereocenters. The van der Waals surface area contributed by atoms with Crippen molar-refractivity contribution < 1.29 is 9.59 Å². The number of Topliss-reactive ketones (excluding diaryl/α,β-unsaturated/α-hetero) is 1. The first-order valence-corrected chi connectivity index (χ1v) is 10.4. The van der Waals surface area contributed by atoms with E-state index in [1.807, 2.05) is 24.4 Å². The van der Waals surface area contributed by atoms with Crippen molar-refractivity contribution in [3.8, 4) is 0 Å². The van der Waals surface area contributed by atoms with Crippen LogP contribution in [-0.4, -0.2) is 58.0 Å². The Bertz CT molecular complexity index is 969. The standard InChI is InChI=1S/C22H27N5O2/c1-16-19(28)10-9-17(21(16)29)24-20-18-8-3-6-15-27(18)25-22(20)23-11-7-14-26-12-4-2-5-13-26/h3,6,8-10,15-16H,2,4-5,7,11-14H2,1H3,(H,23,25). The van der Waals surface area contributed by atoms with Gasteiger partial charge in [0.15, 0.2) is 17.4 Å². The van der Waals surface area contributed by atoms with Crippen molar-refractivity contribution in [3.63, 3.8) is 0 Å². The lowest BCUT2D eigenvalue weighted by atomic mass is 9.92. The van der Waals surface area contributed by atoms with Crippen LogP contribution in [-0.2, 0) is 9.59 Å². The van der Waals surface area contributed by atoms with Crippen molar-refractivity contribution in [1.82, 2.24) is 14.5 Å². The minimum absolute atomic E-state index is 0.176. The van der Waals surface area contributed by atoms with Gasteiger partial charge in [-0.15, -0.1) is 5.10 Å². The average Bonchev–Trinajstić information content (AvgIpc) is 3.10. The van der Waals surface area contributed by atoms with Gasteiger partial charge in [-0.05, 0) is 70.1 Å². The number of piperidine rings is 1. The number of allylic oxidation sites excluding steroid dienone is 2. The molecular weight excluding hydrogens is 366 g/mol. The lowest BCUT2D eigenvalue weighted by Crippen LogP contribution is -2.31. The van der Waals surface area contributed by atoms with Gasteiger partial charge in [0.2, 0.25) is 0 Å². The van der Waals surface area contributed by atoms with Gasteiger partial charge >= 0.3 is 0 Å². The molecule has 1 aliphatic carbocycles. The maximum Gasteiger partial charge on any atom is 0.191 e. The van der Waals surface area contributed by atoms with Gasteiger partial charge in [-0.25, -0.2) is 9.51 Å². The second-order valence-electron chi connectivity index (χ2n) is 7.73. The highest BCUT2D eigenvalue weighted by Gasteiger charge is 2.27. The summed E-state index contributed by atoms with van der Waals surface area (Å²) < 4.78 is 1.76. The van der Waals surface area contributed by atoms with Crippen molar-refractivity contribution in [1.29, 1.82) is 0 Å². The minimum atomic E-state index is -0.679. The van der Waals surface area contributed by atoms with Gasteiger partial charge in [0.25, 0.3) is 0 Å². The summed E-state index contributed by atoms with van der Waals surface area (Å²) >= 11 is 0. The highest BCUT2D eigenvalue weighted by molar-refractivity contribution is 6.50. The van der Waals surface area contributed by atoms with Crippen molar-refractivity contribution in [2.24, 2.45) is 10.9 Å². The third-order valence-electron chi connectivity index (χ3n) is 5.62. The van der Waals surface area contributed by atoms with Crippen molar-refractivity contribution in [3.05, 3.63) is 36.5 Å². The van der Waals surface area contributed by atoms with Crippen molar-refractivity contribution in [2.45, 2.75) is 32.6 Å². The molecule has 4 rings (SSSR count). The SMILES string of the molecule is CC1C(=O)C=CC(=Nc2c(NCCCN3CCCCC3)nn3ccccc23)C1=O. The summed E-state index contributed by atoms with van der Waals surface area (Å²) in [4.78, 5) is 31.4. The molecular formula is C22H27N5O2. The summed E-state index contributed by atoms with van der Waals surface area (Å²) in [6, 6.07) is 5.76. The van der Waals surface area contributed by atoms with Gasteiger partial charge in [-0.3, -0.25) is 9.59 Å². The number of nitrogens with zero attached hydrogens (tertiary/aromatic N) is 4. The molecule has 152 valence electrons. The predicted octanol–water partition coefficient (Wildman–Crippen LogP) is 3.04. The zero-order valence-corrected chi connectivity index (χ0v) is 16.8. The van der Waals surface area contributed by atoms with Gasteiger partial charge in [0, 0.05) is 12.7 Å². The molecule has 0 spiro atoms. The molecule has 0 radical (unpaired) electrons. The number of aromatic nitrogens is 2. The molecule has 2 aromatic rings. The maximum atomic E-state index is 12.5. The summed E-state index contributed by atoms with van der Waals surface area (Å²) in [5.41, 5.74) is 1.76. The summed E-state index contributed by atoms with van der Waals surface area (Å²) in [6.45, 7) is 5.87. The van der Waals surface area contributed by atoms with Gasteiger partial charge < -0.3 is 10.2 Å². The second-order valence-corrected chi connectivity index (χ2v) is 7.73. The maximum absolute atomic E-state index is 12.5. The Balaban J connectivity index is 1.53. The number of hydrogen-bond donors (Lipinski definition) is 1. The zero-order valence-electron chi connectivity index (χ0n) is 16.8. The molecule has 1 saturated heterocycles. The van der Waals surface area contributed by atoms with Gasteiger partial charge in [-0.1, -0.05) is 12.5 Å². The first-order chi connectivity index (χ1) is 14.1. The van der Waals surface area contributed by atoms with Crippen LogP contribution in [0.15, 0.2) is 41.5 Å². The zero-order chi connectivity index (χ0) is 20.2. The summed E-state index contributed by atoms with van der Waals surface area (Å²) in [5, 5.41) is 8.00. The number of carbonyl (C=O) groups excluding carboxylic acids is 2. The number of carbonyl (C=O) groups is 2. The lowest BCUT2D eigenvalue weighted by molar-refractivity contribution is -0.126. The number of nitrogens with one attached hydrogen (secondary N) is 1. The predicted molar refractivity (Wildman–Crippen MR) is 114 cm³/mol. The van der Waals surface area contributed by atoms with E-state index in [9.17, 15) is 9.59 Å². The topological polar surface area (TPSA) is 79.1 Å². The normalized spacial score (nSPS) is 22.0. The molecule has 1 unspecified atom stereocenters. The fourth-order valence-electron chi connectivity index (χ4n) is 3.86. The van der Waals surface area contributed by atoms with E-state index in [1.54, 1.807) is 11.4 Å². The average molecular weight is 393 g/mol.